The van der Waals surface area contributed by atoms with E-state index in [1.54, 1.807) is 0 Å². The van der Waals surface area contributed by atoms with Crippen molar-refractivity contribution in [2.24, 2.45) is 0 Å². The Morgan fingerprint density at radius 2 is 1.95 bits per heavy atom. The van der Waals surface area contributed by atoms with Crippen LogP contribution in [0, 0.1) is 0 Å². The van der Waals surface area contributed by atoms with Crippen LogP contribution in [0.25, 0.3) is 0 Å². The van der Waals surface area contributed by atoms with Crippen molar-refractivity contribution in [2.45, 2.75) is 32.8 Å². The SMILES string of the molecule is CC(C)Oc1ccccc1NC(=O)NN1CCCC1. The molecule has 0 atom stereocenters. The third kappa shape index (κ3) is 4.13. The molecule has 1 aromatic rings. The third-order valence-electron chi connectivity index (χ3n) is 2.86. The molecule has 19 heavy (non-hydrogen) atoms. The molecular weight excluding hydrogens is 242 g/mol. The molecule has 1 heterocycles. The minimum atomic E-state index is -0.221. The Hall–Kier alpha value is -1.75. The van der Waals surface area contributed by atoms with Gasteiger partial charge in [-0.15, -0.1) is 0 Å². The van der Waals surface area contributed by atoms with Crippen molar-refractivity contribution in [1.82, 2.24) is 10.4 Å². The van der Waals surface area contributed by atoms with Crippen LogP contribution >= 0.6 is 0 Å². The largest absolute Gasteiger partial charge is 0.489 e. The maximum atomic E-state index is 11.9. The molecule has 1 aliphatic heterocycles. The molecule has 1 aliphatic rings. The lowest BCUT2D eigenvalue weighted by Gasteiger charge is -2.18. The van der Waals surface area contributed by atoms with Crippen LogP contribution in [0.15, 0.2) is 24.3 Å². The number of nitrogens with zero attached hydrogens (tertiary/aromatic N) is 1. The Balaban J connectivity index is 1.95. The number of benzene rings is 1. The topological polar surface area (TPSA) is 53.6 Å². The van der Waals surface area contributed by atoms with Crippen LogP contribution in [-0.4, -0.2) is 30.2 Å². The summed E-state index contributed by atoms with van der Waals surface area (Å²) in [5.41, 5.74) is 3.52. The fraction of sp³-hybridized carbons (Fsp3) is 0.500. The van der Waals surface area contributed by atoms with Crippen LogP contribution in [0.2, 0.25) is 0 Å². The number of ether oxygens (including phenoxy) is 1. The zero-order valence-electron chi connectivity index (χ0n) is 11.5. The van der Waals surface area contributed by atoms with Gasteiger partial charge in [0.05, 0.1) is 11.8 Å². The Morgan fingerprint density at radius 1 is 1.26 bits per heavy atom. The van der Waals surface area contributed by atoms with E-state index in [0.29, 0.717) is 11.4 Å². The number of hydrogen-bond donors (Lipinski definition) is 2. The van der Waals surface area contributed by atoms with Gasteiger partial charge in [-0.05, 0) is 38.8 Å². The highest BCUT2D eigenvalue weighted by atomic mass is 16.5. The number of urea groups is 1. The van der Waals surface area contributed by atoms with Crippen LogP contribution in [0.4, 0.5) is 10.5 Å². The Bertz CT molecular complexity index is 428. The lowest BCUT2D eigenvalue weighted by Crippen LogP contribution is -2.42. The summed E-state index contributed by atoms with van der Waals surface area (Å²) in [4.78, 5) is 11.9. The molecule has 2 N–H and O–H groups in total. The molecule has 0 unspecified atom stereocenters. The van der Waals surface area contributed by atoms with Gasteiger partial charge in [0, 0.05) is 13.1 Å². The van der Waals surface area contributed by atoms with Crippen LogP contribution in [-0.2, 0) is 0 Å². The van der Waals surface area contributed by atoms with E-state index in [0.717, 1.165) is 25.9 Å². The van der Waals surface area contributed by atoms with E-state index >= 15 is 0 Å². The van der Waals surface area contributed by atoms with E-state index in [9.17, 15) is 4.79 Å². The van der Waals surface area contributed by atoms with Gasteiger partial charge in [-0.25, -0.2) is 9.80 Å². The van der Waals surface area contributed by atoms with Gasteiger partial charge in [0.1, 0.15) is 5.75 Å². The number of rotatable bonds is 4. The number of hydrazine groups is 1. The predicted molar refractivity (Wildman–Crippen MR) is 75.2 cm³/mol. The van der Waals surface area contributed by atoms with Crippen molar-refractivity contribution in [3.8, 4) is 5.75 Å². The van der Waals surface area contributed by atoms with Gasteiger partial charge in [0.15, 0.2) is 0 Å². The summed E-state index contributed by atoms with van der Waals surface area (Å²) in [6.07, 6.45) is 2.34. The van der Waals surface area contributed by atoms with Gasteiger partial charge in [0.25, 0.3) is 0 Å². The van der Waals surface area contributed by atoms with Crippen molar-refractivity contribution < 1.29 is 9.53 Å². The summed E-state index contributed by atoms with van der Waals surface area (Å²) in [5.74, 6) is 0.689. The highest BCUT2D eigenvalue weighted by Crippen LogP contribution is 2.24. The Kier molecular flexibility index (Phi) is 4.63. The first kappa shape index (κ1) is 13.7. The average molecular weight is 263 g/mol. The Morgan fingerprint density at radius 3 is 2.63 bits per heavy atom. The molecule has 0 aliphatic carbocycles. The lowest BCUT2D eigenvalue weighted by atomic mass is 10.3. The van der Waals surface area contributed by atoms with Gasteiger partial charge < -0.3 is 10.1 Å². The summed E-state index contributed by atoms with van der Waals surface area (Å²) < 4.78 is 5.66. The van der Waals surface area contributed by atoms with Crippen LogP contribution in [0.1, 0.15) is 26.7 Å². The van der Waals surface area contributed by atoms with Gasteiger partial charge in [-0.2, -0.15) is 0 Å². The highest BCUT2D eigenvalue weighted by molar-refractivity contribution is 5.90. The monoisotopic (exact) mass is 263 g/mol. The zero-order valence-corrected chi connectivity index (χ0v) is 11.5. The van der Waals surface area contributed by atoms with Crippen LogP contribution < -0.4 is 15.5 Å². The molecule has 0 spiro atoms. The predicted octanol–water partition coefficient (Wildman–Crippen LogP) is 2.61. The molecular formula is C14H21N3O2. The van der Waals surface area contributed by atoms with Crippen LogP contribution in [0.3, 0.4) is 0 Å². The first-order valence-corrected chi connectivity index (χ1v) is 6.73. The molecule has 5 nitrogen and oxygen atoms in total. The van der Waals surface area contributed by atoms with Crippen molar-refractivity contribution in [1.29, 1.82) is 0 Å². The number of hydrogen-bond acceptors (Lipinski definition) is 3. The highest BCUT2D eigenvalue weighted by Gasteiger charge is 2.15. The number of para-hydroxylation sites is 2. The average Bonchev–Trinajstić information content (AvgIpc) is 2.83. The van der Waals surface area contributed by atoms with E-state index in [-0.39, 0.29) is 12.1 Å². The summed E-state index contributed by atoms with van der Waals surface area (Å²) in [6.45, 7) is 5.75. The van der Waals surface area contributed by atoms with Gasteiger partial charge >= 0.3 is 6.03 Å². The molecule has 1 aromatic carbocycles. The fourth-order valence-electron chi connectivity index (χ4n) is 2.05. The summed E-state index contributed by atoms with van der Waals surface area (Å²) in [7, 11) is 0. The second-order valence-corrected chi connectivity index (χ2v) is 4.92. The minimum Gasteiger partial charge on any atom is -0.489 e. The number of carbonyl (C=O) groups is 1. The molecule has 104 valence electrons. The molecule has 0 aromatic heterocycles. The number of carbonyl (C=O) groups excluding carboxylic acids is 1. The second kappa shape index (κ2) is 6.43. The third-order valence-corrected chi connectivity index (χ3v) is 2.86. The van der Waals surface area contributed by atoms with Crippen molar-refractivity contribution >= 4 is 11.7 Å². The summed E-state index contributed by atoms with van der Waals surface area (Å²) >= 11 is 0. The molecule has 0 saturated carbocycles. The first-order chi connectivity index (χ1) is 9.15. The summed E-state index contributed by atoms with van der Waals surface area (Å²) in [6, 6.07) is 7.23. The van der Waals surface area contributed by atoms with E-state index in [2.05, 4.69) is 10.7 Å². The first-order valence-electron chi connectivity index (χ1n) is 6.73. The molecule has 5 heteroatoms. The standard InChI is InChI=1S/C14H21N3O2/c1-11(2)19-13-8-4-3-7-12(13)15-14(18)16-17-9-5-6-10-17/h3-4,7-8,11H,5-6,9-10H2,1-2H3,(H2,15,16,18). The second-order valence-electron chi connectivity index (χ2n) is 4.92. The van der Waals surface area contributed by atoms with E-state index in [1.807, 2.05) is 43.1 Å². The van der Waals surface area contributed by atoms with Crippen molar-refractivity contribution in [3.05, 3.63) is 24.3 Å². The summed E-state index contributed by atoms with van der Waals surface area (Å²) in [5, 5.41) is 4.76. The van der Waals surface area contributed by atoms with Crippen LogP contribution in [0.5, 0.6) is 5.75 Å². The zero-order chi connectivity index (χ0) is 13.7. The van der Waals surface area contributed by atoms with Gasteiger partial charge in [0.2, 0.25) is 0 Å². The fourth-order valence-corrected chi connectivity index (χ4v) is 2.05. The van der Waals surface area contributed by atoms with Gasteiger partial charge in [-0.3, -0.25) is 5.43 Å². The minimum absolute atomic E-state index is 0.0737. The maximum Gasteiger partial charge on any atom is 0.333 e. The quantitative estimate of drug-likeness (QED) is 0.878. The van der Waals surface area contributed by atoms with Gasteiger partial charge in [-0.1, -0.05) is 12.1 Å². The van der Waals surface area contributed by atoms with E-state index in [4.69, 9.17) is 4.74 Å². The van der Waals surface area contributed by atoms with Crippen molar-refractivity contribution in [2.75, 3.05) is 18.4 Å². The molecule has 2 rings (SSSR count). The molecule has 0 bridgehead atoms. The maximum absolute atomic E-state index is 11.9. The molecule has 0 radical (unpaired) electrons. The number of nitrogens with one attached hydrogen (secondary N) is 2. The van der Waals surface area contributed by atoms with Crippen molar-refractivity contribution in [3.63, 3.8) is 0 Å². The smallest absolute Gasteiger partial charge is 0.333 e. The molecule has 1 saturated heterocycles. The number of amides is 2. The Labute approximate surface area is 113 Å². The molecule has 1 fully saturated rings. The van der Waals surface area contributed by atoms with E-state index < -0.39 is 0 Å². The lowest BCUT2D eigenvalue weighted by molar-refractivity contribution is 0.208. The van der Waals surface area contributed by atoms with E-state index in [1.165, 1.54) is 0 Å². The molecule has 2 amide bonds. The normalized spacial score (nSPS) is 15.5. The number of anilines is 1.